The maximum absolute atomic E-state index is 13.3. The van der Waals surface area contributed by atoms with Crippen LogP contribution in [0, 0.1) is 11.6 Å². The molecule has 0 atom stereocenters. The summed E-state index contributed by atoms with van der Waals surface area (Å²) in [4.78, 5) is 0. The van der Waals surface area contributed by atoms with Crippen LogP contribution in [0.3, 0.4) is 0 Å². The van der Waals surface area contributed by atoms with Crippen molar-refractivity contribution in [1.29, 1.82) is 0 Å². The highest BCUT2D eigenvalue weighted by Gasteiger charge is 2.39. The summed E-state index contributed by atoms with van der Waals surface area (Å²) in [6.45, 7) is 0.227. The van der Waals surface area contributed by atoms with Crippen molar-refractivity contribution in [2.24, 2.45) is 5.73 Å². The summed E-state index contributed by atoms with van der Waals surface area (Å²) in [5, 5.41) is 0. The van der Waals surface area contributed by atoms with Gasteiger partial charge in [0.1, 0.15) is 12.4 Å². The molecule has 2 nitrogen and oxygen atoms in total. The fourth-order valence-electron chi connectivity index (χ4n) is 1.14. The molecule has 0 amide bonds. The molecule has 0 bridgehead atoms. The van der Waals surface area contributed by atoms with Crippen molar-refractivity contribution in [3.05, 3.63) is 28.2 Å². The third-order valence-corrected chi connectivity index (χ3v) is 2.99. The standard InChI is InChI=1S/C10H10BrF2NO/c11-6-3-8(13)9(4-7(6)12)15-5-10(14)1-2-10/h3-4H,1-2,5,14H2. The van der Waals surface area contributed by atoms with Gasteiger partial charge in [-0.3, -0.25) is 0 Å². The monoisotopic (exact) mass is 277 g/mol. The number of ether oxygens (including phenoxy) is 1. The minimum Gasteiger partial charge on any atom is -0.488 e. The lowest BCUT2D eigenvalue weighted by Crippen LogP contribution is -2.30. The second-order valence-corrected chi connectivity index (χ2v) is 4.70. The molecule has 82 valence electrons. The Balaban J connectivity index is 2.10. The van der Waals surface area contributed by atoms with Gasteiger partial charge in [-0.2, -0.15) is 0 Å². The van der Waals surface area contributed by atoms with Gasteiger partial charge in [0.25, 0.3) is 0 Å². The molecule has 0 saturated heterocycles. The van der Waals surface area contributed by atoms with Gasteiger partial charge < -0.3 is 10.5 Å². The summed E-state index contributed by atoms with van der Waals surface area (Å²) in [7, 11) is 0. The van der Waals surface area contributed by atoms with Crippen molar-refractivity contribution in [3.63, 3.8) is 0 Å². The first-order chi connectivity index (χ1) is 7.00. The zero-order valence-electron chi connectivity index (χ0n) is 7.90. The second kappa shape index (κ2) is 3.72. The number of nitrogens with two attached hydrogens (primary N) is 1. The van der Waals surface area contributed by atoms with Crippen molar-refractivity contribution in [1.82, 2.24) is 0 Å². The highest BCUT2D eigenvalue weighted by molar-refractivity contribution is 9.10. The Morgan fingerprint density at radius 1 is 1.33 bits per heavy atom. The summed E-state index contributed by atoms with van der Waals surface area (Å²) in [5.74, 6) is -1.23. The first kappa shape index (κ1) is 10.8. The zero-order chi connectivity index (χ0) is 11.1. The van der Waals surface area contributed by atoms with Gasteiger partial charge in [0.15, 0.2) is 11.6 Å². The van der Waals surface area contributed by atoms with E-state index in [9.17, 15) is 8.78 Å². The maximum atomic E-state index is 13.3. The number of benzene rings is 1. The van der Waals surface area contributed by atoms with Crippen molar-refractivity contribution in [2.75, 3.05) is 6.61 Å². The summed E-state index contributed by atoms with van der Waals surface area (Å²) in [6.07, 6.45) is 1.74. The summed E-state index contributed by atoms with van der Waals surface area (Å²) < 4.78 is 31.6. The molecular formula is C10H10BrF2NO. The van der Waals surface area contributed by atoms with Crippen molar-refractivity contribution < 1.29 is 13.5 Å². The highest BCUT2D eigenvalue weighted by atomic mass is 79.9. The van der Waals surface area contributed by atoms with E-state index in [-0.39, 0.29) is 22.4 Å². The predicted molar refractivity (Wildman–Crippen MR) is 55.7 cm³/mol. The summed E-state index contributed by atoms with van der Waals surface area (Å²) in [6, 6.07) is 2.06. The molecule has 1 fully saturated rings. The zero-order valence-corrected chi connectivity index (χ0v) is 9.48. The summed E-state index contributed by atoms with van der Waals surface area (Å²) in [5.41, 5.74) is 5.42. The van der Waals surface area contributed by atoms with Gasteiger partial charge in [-0.25, -0.2) is 8.78 Å². The molecule has 15 heavy (non-hydrogen) atoms. The Labute approximate surface area is 94.5 Å². The van der Waals surface area contributed by atoms with Crippen LogP contribution in [0.2, 0.25) is 0 Å². The van der Waals surface area contributed by atoms with E-state index in [1.165, 1.54) is 0 Å². The molecule has 1 aromatic carbocycles. The first-order valence-corrected chi connectivity index (χ1v) is 5.36. The Bertz CT molecular complexity index is 393. The molecule has 2 N–H and O–H groups in total. The topological polar surface area (TPSA) is 35.2 Å². The lowest BCUT2D eigenvalue weighted by molar-refractivity contribution is 0.265. The smallest absolute Gasteiger partial charge is 0.166 e. The van der Waals surface area contributed by atoms with E-state index < -0.39 is 11.6 Å². The average Bonchev–Trinajstić information content (AvgIpc) is 2.89. The van der Waals surface area contributed by atoms with Crippen LogP contribution in [0.4, 0.5) is 8.78 Å². The first-order valence-electron chi connectivity index (χ1n) is 4.56. The highest BCUT2D eigenvalue weighted by Crippen LogP contribution is 2.33. The fraction of sp³-hybridized carbons (Fsp3) is 0.400. The Kier molecular flexibility index (Phi) is 2.68. The molecule has 0 heterocycles. The van der Waals surface area contributed by atoms with Crippen LogP contribution < -0.4 is 10.5 Å². The van der Waals surface area contributed by atoms with Gasteiger partial charge in [0.05, 0.1) is 10.0 Å². The average molecular weight is 278 g/mol. The van der Waals surface area contributed by atoms with Crippen LogP contribution in [0.25, 0.3) is 0 Å². The maximum Gasteiger partial charge on any atom is 0.166 e. The van der Waals surface area contributed by atoms with E-state index in [0.717, 1.165) is 25.0 Å². The molecule has 0 spiro atoms. The third kappa shape index (κ3) is 2.46. The van der Waals surface area contributed by atoms with E-state index in [0.29, 0.717) is 0 Å². The molecule has 0 aromatic heterocycles. The third-order valence-electron chi connectivity index (χ3n) is 2.38. The van der Waals surface area contributed by atoms with E-state index >= 15 is 0 Å². The van der Waals surface area contributed by atoms with Crippen LogP contribution >= 0.6 is 15.9 Å². The molecule has 5 heteroatoms. The molecule has 1 aliphatic rings. The Morgan fingerprint density at radius 2 is 2.00 bits per heavy atom. The normalized spacial score (nSPS) is 17.6. The number of halogens is 3. The van der Waals surface area contributed by atoms with Crippen molar-refractivity contribution in [3.8, 4) is 5.75 Å². The SMILES string of the molecule is NC1(COc2cc(F)c(Br)cc2F)CC1. The lowest BCUT2D eigenvalue weighted by atomic mass is 10.3. The van der Waals surface area contributed by atoms with E-state index in [1.54, 1.807) is 0 Å². The van der Waals surface area contributed by atoms with Crippen LogP contribution in [0.5, 0.6) is 5.75 Å². The van der Waals surface area contributed by atoms with Gasteiger partial charge in [0, 0.05) is 6.07 Å². The Morgan fingerprint density at radius 3 is 2.60 bits per heavy atom. The molecule has 0 aliphatic heterocycles. The summed E-state index contributed by atoms with van der Waals surface area (Å²) >= 11 is 2.89. The van der Waals surface area contributed by atoms with Crippen LogP contribution in [0.15, 0.2) is 16.6 Å². The largest absolute Gasteiger partial charge is 0.488 e. The molecule has 2 rings (SSSR count). The second-order valence-electron chi connectivity index (χ2n) is 3.85. The van der Waals surface area contributed by atoms with Gasteiger partial charge >= 0.3 is 0 Å². The van der Waals surface area contributed by atoms with Crippen molar-refractivity contribution >= 4 is 15.9 Å². The van der Waals surface area contributed by atoms with Gasteiger partial charge in [-0.05, 0) is 34.8 Å². The fourth-order valence-corrected chi connectivity index (χ4v) is 1.46. The molecular weight excluding hydrogens is 268 g/mol. The van der Waals surface area contributed by atoms with Gasteiger partial charge in [-0.1, -0.05) is 0 Å². The van der Waals surface area contributed by atoms with Crippen LogP contribution in [-0.4, -0.2) is 12.1 Å². The molecule has 1 aromatic rings. The molecule has 1 saturated carbocycles. The van der Waals surface area contributed by atoms with E-state index in [2.05, 4.69) is 15.9 Å². The van der Waals surface area contributed by atoms with E-state index in [4.69, 9.17) is 10.5 Å². The van der Waals surface area contributed by atoms with Crippen LogP contribution in [-0.2, 0) is 0 Å². The minimum absolute atomic E-state index is 0.0845. The number of hydrogen-bond acceptors (Lipinski definition) is 2. The molecule has 1 aliphatic carbocycles. The van der Waals surface area contributed by atoms with E-state index in [1.807, 2.05) is 0 Å². The molecule has 0 unspecified atom stereocenters. The molecule has 0 radical (unpaired) electrons. The van der Waals surface area contributed by atoms with Gasteiger partial charge in [0.2, 0.25) is 0 Å². The minimum atomic E-state index is -0.590. The number of rotatable bonds is 3. The van der Waals surface area contributed by atoms with Crippen LogP contribution in [0.1, 0.15) is 12.8 Å². The predicted octanol–water partition coefficient (Wildman–Crippen LogP) is 2.60. The Hall–Kier alpha value is -0.680. The van der Waals surface area contributed by atoms with Gasteiger partial charge in [-0.15, -0.1) is 0 Å². The quantitative estimate of drug-likeness (QED) is 0.862. The number of hydrogen-bond donors (Lipinski definition) is 1. The lowest BCUT2D eigenvalue weighted by Gasteiger charge is -2.12. The van der Waals surface area contributed by atoms with Crippen molar-refractivity contribution in [2.45, 2.75) is 18.4 Å².